The van der Waals surface area contributed by atoms with Crippen molar-refractivity contribution in [2.45, 2.75) is 40.0 Å². The fourth-order valence-electron chi connectivity index (χ4n) is 1.70. The summed E-state index contributed by atoms with van der Waals surface area (Å²) in [5, 5.41) is 2.83. The number of rotatable bonds is 5. The molecule has 0 radical (unpaired) electrons. The Kier molecular flexibility index (Phi) is 7.68. The standard InChI is InChI=1S/C19H23NO/c1-4-6-7-8-9-10-16(3)15-19(21)20-18-13-11-17(5-2)12-14-18/h7-8,11-15H,4-6H2,1-3H3,(H,20,21)/b8-7+,16-15-. The van der Waals surface area contributed by atoms with Crippen LogP contribution in [-0.4, -0.2) is 5.91 Å². The van der Waals surface area contributed by atoms with E-state index in [4.69, 9.17) is 0 Å². The second-order valence-corrected chi connectivity index (χ2v) is 4.83. The Bertz CT molecular complexity index is 568. The lowest BCUT2D eigenvalue weighted by atomic mass is 10.1. The minimum absolute atomic E-state index is 0.149. The van der Waals surface area contributed by atoms with Crippen molar-refractivity contribution in [2.24, 2.45) is 0 Å². The van der Waals surface area contributed by atoms with E-state index in [1.54, 1.807) is 0 Å². The first kappa shape index (κ1) is 16.8. The van der Waals surface area contributed by atoms with Crippen LogP contribution in [0.1, 0.15) is 39.2 Å². The van der Waals surface area contributed by atoms with Crippen molar-refractivity contribution < 1.29 is 4.79 Å². The van der Waals surface area contributed by atoms with Gasteiger partial charge in [0.2, 0.25) is 5.91 Å². The van der Waals surface area contributed by atoms with E-state index in [-0.39, 0.29) is 5.91 Å². The average molecular weight is 281 g/mol. The number of carbonyl (C=O) groups is 1. The van der Waals surface area contributed by atoms with Gasteiger partial charge in [-0.1, -0.05) is 50.3 Å². The van der Waals surface area contributed by atoms with E-state index in [0.29, 0.717) is 0 Å². The van der Waals surface area contributed by atoms with Gasteiger partial charge in [0.1, 0.15) is 0 Å². The maximum atomic E-state index is 11.8. The van der Waals surface area contributed by atoms with Gasteiger partial charge in [-0.25, -0.2) is 0 Å². The van der Waals surface area contributed by atoms with Crippen LogP contribution in [0.15, 0.2) is 48.1 Å². The first-order chi connectivity index (χ1) is 10.2. The van der Waals surface area contributed by atoms with Crippen molar-refractivity contribution in [3.05, 3.63) is 53.6 Å². The molecule has 1 aromatic rings. The molecule has 0 fully saturated rings. The fourth-order valence-corrected chi connectivity index (χ4v) is 1.70. The Labute approximate surface area is 128 Å². The maximum Gasteiger partial charge on any atom is 0.249 e. The number of amides is 1. The van der Waals surface area contributed by atoms with Gasteiger partial charge in [-0.2, -0.15) is 0 Å². The summed E-state index contributed by atoms with van der Waals surface area (Å²) in [5.41, 5.74) is 2.81. The minimum atomic E-state index is -0.149. The van der Waals surface area contributed by atoms with Crippen LogP contribution in [0.5, 0.6) is 0 Å². The van der Waals surface area contributed by atoms with Crippen LogP contribution < -0.4 is 5.32 Å². The van der Waals surface area contributed by atoms with E-state index in [1.807, 2.05) is 43.3 Å². The predicted octanol–water partition coefficient (Wildman–Crippen LogP) is 4.49. The molecule has 110 valence electrons. The monoisotopic (exact) mass is 281 g/mol. The highest BCUT2D eigenvalue weighted by Crippen LogP contribution is 2.10. The summed E-state index contributed by atoms with van der Waals surface area (Å²) in [7, 11) is 0. The highest BCUT2D eigenvalue weighted by atomic mass is 16.1. The largest absolute Gasteiger partial charge is 0.322 e. The summed E-state index contributed by atoms with van der Waals surface area (Å²) in [5.74, 6) is 5.72. The number of benzene rings is 1. The summed E-state index contributed by atoms with van der Waals surface area (Å²) in [6.07, 6.45) is 8.54. The molecular formula is C19H23NO. The topological polar surface area (TPSA) is 29.1 Å². The third kappa shape index (κ3) is 7.17. The van der Waals surface area contributed by atoms with Gasteiger partial charge in [0.15, 0.2) is 0 Å². The predicted molar refractivity (Wildman–Crippen MR) is 90.0 cm³/mol. The van der Waals surface area contributed by atoms with E-state index in [2.05, 4.69) is 31.0 Å². The zero-order valence-electron chi connectivity index (χ0n) is 13.1. The van der Waals surface area contributed by atoms with Crippen LogP contribution in [0.2, 0.25) is 0 Å². The van der Waals surface area contributed by atoms with Gasteiger partial charge in [0.05, 0.1) is 0 Å². The van der Waals surface area contributed by atoms with Gasteiger partial charge < -0.3 is 5.32 Å². The van der Waals surface area contributed by atoms with E-state index in [1.165, 1.54) is 11.6 Å². The number of hydrogen-bond donors (Lipinski definition) is 1. The van der Waals surface area contributed by atoms with Crippen LogP contribution in [0, 0.1) is 11.8 Å². The van der Waals surface area contributed by atoms with Crippen molar-refractivity contribution in [3.63, 3.8) is 0 Å². The Morgan fingerprint density at radius 3 is 2.57 bits per heavy atom. The number of allylic oxidation sites excluding steroid dienone is 3. The Morgan fingerprint density at radius 2 is 1.95 bits per heavy atom. The molecule has 0 aliphatic heterocycles. The Hall–Kier alpha value is -2.27. The van der Waals surface area contributed by atoms with Gasteiger partial charge >= 0.3 is 0 Å². The molecule has 0 aliphatic rings. The molecule has 2 nitrogen and oxygen atoms in total. The molecule has 2 heteroatoms. The molecule has 0 spiro atoms. The first-order valence-corrected chi connectivity index (χ1v) is 7.40. The average Bonchev–Trinajstić information content (AvgIpc) is 2.47. The first-order valence-electron chi connectivity index (χ1n) is 7.40. The van der Waals surface area contributed by atoms with Crippen molar-refractivity contribution in [2.75, 3.05) is 5.32 Å². The number of aryl methyl sites for hydroxylation is 1. The summed E-state index contributed by atoms with van der Waals surface area (Å²) in [6, 6.07) is 7.87. The third-order valence-electron chi connectivity index (χ3n) is 2.90. The third-order valence-corrected chi connectivity index (χ3v) is 2.90. The zero-order valence-corrected chi connectivity index (χ0v) is 13.1. The molecule has 1 aromatic carbocycles. The van der Waals surface area contributed by atoms with E-state index < -0.39 is 0 Å². The summed E-state index contributed by atoms with van der Waals surface area (Å²) in [4.78, 5) is 11.8. The van der Waals surface area contributed by atoms with E-state index in [9.17, 15) is 4.79 Å². The molecular weight excluding hydrogens is 258 g/mol. The number of anilines is 1. The van der Waals surface area contributed by atoms with Crippen LogP contribution in [0.3, 0.4) is 0 Å². The molecule has 0 aromatic heterocycles. The summed E-state index contributed by atoms with van der Waals surface area (Å²) < 4.78 is 0. The minimum Gasteiger partial charge on any atom is -0.322 e. The Balaban J connectivity index is 2.56. The van der Waals surface area contributed by atoms with Gasteiger partial charge in [0, 0.05) is 17.3 Å². The van der Waals surface area contributed by atoms with Crippen LogP contribution in [0.25, 0.3) is 0 Å². The van der Waals surface area contributed by atoms with E-state index >= 15 is 0 Å². The molecule has 0 unspecified atom stereocenters. The lowest BCUT2D eigenvalue weighted by molar-refractivity contribution is -0.111. The van der Waals surface area contributed by atoms with Gasteiger partial charge in [-0.3, -0.25) is 4.79 Å². The van der Waals surface area contributed by atoms with Crippen LogP contribution >= 0.6 is 0 Å². The second-order valence-electron chi connectivity index (χ2n) is 4.83. The van der Waals surface area contributed by atoms with Gasteiger partial charge in [0.25, 0.3) is 0 Å². The highest BCUT2D eigenvalue weighted by molar-refractivity contribution is 6.00. The molecule has 1 N–H and O–H groups in total. The van der Waals surface area contributed by atoms with Crippen molar-refractivity contribution >= 4 is 11.6 Å². The zero-order chi connectivity index (χ0) is 15.5. The van der Waals surface area contributed by atoms with Crippen LogP contribution in [-0.2, 0) is 11.2 Å². The van der Waals surface area contributed by atoms with E-state index in [0.717, 1.165) is 30.5 Å². The highest BCUT2D eigenvalue weighted by Gasteiger charge is 1.98. The second kappa shape index (κ2) is 9.61. The normalized spacial score (nSPS) is 11.1. The number of hydrogen-bond acceptors (Lipinski definition) is 1. The number of carbonyl (C=O) groups excluding carboxylic acids is 1. The number of nitrogens with one attached hydrogen (secondary N) is 1. The molecule has 0 saturated heterocycles. The smallest absolute Gasteiger partial charge is 0.249 e. The number of unbranched alkanes of at least 4 members (excludes halogenated alkanes) is 1. The summed E-state index contributed by atoms with van der Waals surface area (Å²) in [6.45, 7) is 6.06. The maximum absolute atomic E-state index is 11.8. The molecule has 1 rings (SSSR count). The SMILES string of the molecule is CCC/C=C/C#C/C(C)=C\C(=O)Nc1ccc(CC)cc1. The van der Waals surface area contributed by atoms with Gasteiger partial charge in [-0.05, 0) is 43.5 Å². The molecule has 0 heterocycles. The molecule has 0 atom stereocenters. The molecule has 21 heavy (non-hydrogen) atoms. The molecule has 1 amide bonds. The van der Waals surface area contributed by atoms with Crippen molar-refractivity contribution in [1.82, 2.24) is 0 Å². The van der Waals surface area contributed by atoms with Gasteiger partial charge in [-0.15, -0.1) is 0 Å². The molecule has 0 aliphatic carbocycles. The van der Waals surface area contributed by atoms with Crippen molar-refractivity contribution in [3.8, 4) is 11.8 Å². The lowest BCUT2D eigenvalue weighted by Crippen LogP contribution is -2.08. The fraction of sp³-hybridized carbons (Fsp3) is 0.316. The molecule has 0 saturated carbocycles. The lowest BCUT2D eigenvalue weighted by Gasteiger charge is -2.03. The van der Waals surface area contributed by atoms with Crippen LogP contribution in [0.4, 0.5) is 5.69 Å². The van der Waals surface area contributed by atoms with Crippen molar-refractivity contribution in [1.29, 1.82) is 0 Å². The Morgan fingerprint density at radius 1 is 1.24 bits per heavy atom. The quantitative estimate of drug-likeness (QED) is 0.625. The summed E-state index contributed by atoms with van der Waals surface area (Å²) >= 11 is 0. The molecule has 0 bridgehead atoms.